The number of hydrogen-bond donors (Lipinski definition) is 3. The molecule has 5 heterocycles. The first-order valence-electron chi connectivity index (χ1n) is 26.2. The number of thioether (sulfide) groups is 2. The normalized spacial score (nSPS) is 44.2. The topological polar surface area (TPSA) is 138 Å². The number of alkyl halides is 3. The van der Waals surface area contributed by atoms with Crippen LogP contribution >= 0.6 is 58.3 Å². The summed E-state index contributed by atoms with van der Waals surface area (Å²) in [4.78, 5) is 0. The monoisotopic (exact) mass is 1100 g/mol. The Morgan fingerprint density at radius 1 is 0.500 bits per heavy atom. The van der Waals surface area contributed by atoms with Crippen molar-refractivity contribution in [3.63, 3.8) is 0 Å². The van der Waals surface area contributed by atoms with Crippen LogP contribution in [-0.4, -0.2) is 117 Å². The molecule has 0 amide bonds. The maximum Gasteiger partial charge on any atom is 0.265 e. The molecule has 0 bridgehead atoms. The number of hydrogen-bond acceptors (Lipinski definition) is 13. The molecule has 5 aliphatic rings. The minimum Gasteiger partial charge on any atom is -0.448 e. The molecule has 70 heavy (non-hydrogen) atoms. The highest BCUT2D eigenvalue weighted by atomic mass is 35.6. The largest absolute Gasteiger partial charge is 0.448 e. The summed E-state index contributed by atoms with van der Waals surface area (Å²) >= 11 is 20.4. The van der Waals surface area contributed by atoms with Gasteiger partial charge in [-0.05, 0) is 66.3 Å². The molecule has 5 rings (SSSR count). The zero-order chi connectivity index (χ0) is 51.5. The maximum atomic E-state index is 9.94. The second-order valence-corrected chi connectivity index (χ2v) is 26.1. The van der Waals surface area contributed by atoms with Gasteiger partial charge in [-0.25, -0.2) is 0 Å². The van der Waals surface area contributed by atoms with Gasteiger partial charge in [0.15, 0.2) is 12.6 Å². The predicted octanol–water partition coefficient (Wildman–Crippen LogP) is 14.0. The van der Waals surface area contributed by atoms with Crippen molar-refractivity contribution in [3.05, 3.63) is 0 Å². The van der Waals surface area contributed by atoms with Crippen LogP contribution in [0.25, 0.3) is 0 Å². The number of ether oxygens (including phenoxy) is 8. The molecule has 0 spiro atoms. The van der Waals surface area contributed by atoms with Gasteiger partial charge >= 0.3 is 0 Å². The second-order valence-electron chi connectivity index (χ2n) is 21.1. The summed E-state index contributed by atoms with van der Waals surface area (Å²) in [5.41, 5.74) is 0.109. The predicted molar refractivity (Wildman–Crippen MR) is 296 cm³/mol. The fourth-order valence-electron chi connectivity index (χ4n) is 10.8. The molecule has 0 aromatic heterocycles. The number of halogens is 3. The van der Waals surface area contributed by atoms with E-state index in [0.717, 1.165) is 30.8 Å². The molecule has 5 aliphatic heterocycles. The number of rotatable bonds is 14. The molecular weight excluding hydrogens is 993 g/mol. The summed E-state index contributed by atoms with van der Waals surface area (Å²) in [6.07, 6.45) is 2.15. The van der Waals surface area contributed by atoms with Gasteiger partial charge in [-0.3, -0.25) is 5.41 Å². The molecule has 0 radical (unpaired) electrons. The van der Waals surface area contributed by atoms with Crippen molar-refractivity contribution < 1.29 is 48.1 Å². The molecule has 11 nitrogen and oxygen atoms in total. The van der Waals surface area contributed by atoms with Gasteiger partial charge in [0.25, 0.3) is 3.79 Å². The second kappa shape index (κ2) is 31.8. The van der Waals surface area contributed by atoms with Crippen LogP contribution in [0.4, 0.5) is 0 Å². The molecule has 10 unspecified atom stereocenters. The van der Waals surface area contributed by atoms with Gasteiger partial charge in [-0.1, -0.05) is 174 Å². The van der Waals surface area contributed by atoms with Crippen LogP contribution in [0, 0.1) is 82.3 Å². The molecule has 0 saturated carbocycles. The van der Waals surface area contributed by atoms with Crippen LogP contribution < -0.4 is 0 Å². The summed E-state index contributed by atoms with van der Waals surface area (Å²) in [5, 5.41) is 26.7. The highest BCUT2D eigenvalue weighted by Crippen LogP contribution is 2.44. The Hall–Kier alpha value is 0.680. The Kier molecular flexibility index (Phi) is 31.2. The van der Waals surface area contributed by atoms with Crippen molar-refractivity contribution in [1.29, 1.82) is 5.41 Å². The van der Waals surface area contributed by atoms with E-state index in [1.165, 1.54) is 0 Å². The van der Waals surface area contributed by atoms with Crippen LogP contribution in [0.5, 0.6) is 0 Å². The average molecular weight is 1100 g/mol. The Labute approximate surface area is 451 Å². The van der Waals surface area contributed by atoms with Gasteiger partial charge in [0.1, 0.15) is 10.9 Å². The van der Waals surface area contributed by atoms with E-state index < -0.39 is 10.1 Å². The minimum absolute atomic E-state index is 0. The van der Waals surface area contributed by atoms with Gasteiger partial charge in [-0.15, -0.1) is 23.5 Å². The van der Waals surface area contributed by atoms with Crippen LogP contribution in [0.2, 0.25) is 0 Å². The van der Waals surface area contributed by atoms with Gasteiger partial charge < -0.3 is 48.1 Å². The van der Waals surface area contributed by atoms with Gasteiger partial charge in [0, 0.05) is 41.4 Å². The molecule has 16 heteroatoms. The van der Waals surface area contributed by atoms with Crippen molar-refractivity contribution in [2.24, 2.45) is 76.9 Å². The lowest BCUT2D eigenvalue weighted by Gasteiger charge is -2.49. The molecule has 5 fully saturated rings. The molecule has 3 N–H and O–H groups in total. The molecule has 0 aromatic carbocycles. The first kappa shape index (κ1) is 68.7. The van der Waals surface area contributed by atoms with E-state index in [1.807, 2.05) is 32.5 Å². The average Bonchev–Trinajstić information content (AvgIpc) is 3.31. The zero-order valence-corrected chi connectivity index (χ0v) is 48.9. The van der Waals surface area contributed by atoms with E-state index in [9.17, 15) is 5.11 Å². The summed E-state index contributed by atoms with van der Waals surface area (Å²) in [5.74, 6) is 6.22. The lowest BCUT2D eigenvalue weighted by atomic mass is 9.78. The Bertz CT molecular complexity index is 1450. The van der Waals surface area contributed by atoms with Crippen LogP contribution in [0.15, 0.2) is 0 Å². The molecule has 5 saturated heterocycles. The number of aliphatic hydroxyl groups is 2. The molecular formula is C54H104Cl3NO10S2. The van der Waals surface area contributed by atoms with E-state index in [2.05, 4.69) is 104 Å². The smallest absolute Gasteiger partial charge is 0.265 e. The minimum atomic E-state index is -1.84. The van der Waals surface area contributed by atoms with Crippen molar-refractivity contribution in [3.8, 4) is 0 Å². The van der Waals surface area contributed by atoms with Crippen LogP contribution in [0.3, 0.4) is 0 Å². The fraction of sp³-hybridized carbons (Fsp3) is 0.981. The van der Waals surface area contributed by atoms with Gasteiger partial charge in [-0.2, -0.15) is 0 Å². The lowest BCUT2D eigenvalue weighted by molar-refractivity contribution is -0.300. The standard InChI is InChI=1S/C30H56O5S.C12H20Cl3NO2.C10H20O3S.2CH4/c1-12-24-18(6)16(4)20(8)28(32-24)31-15-26-22(10)27(23(11)30(34-26)36-14-3)35-29-21(9)17(5)19(7)25(13-2)33-29;1-5-9-7(3)6(2)8(4)10(17-9)18-11(16)12(13,14)15;1-4-14-10-7(3)9(12)6(2)8(5-11)13-10;;/h16-30H,12-15H2,1-11H3;6-10,16H,5H2,1-4H3;6-12H,4-5H2,1-3H3;2*1H4/t16-,17?,18-,19-,20?,21?,22+,23?,24?,25-,26?,27-,28-,29+,30+;6-,7-,8?,9?,10+;6-,7?,8?,9+,10-;;/m001../s1. The maximum absolute atomic E-state index is 9.94. The summed E-state index contributed by atoms with van der Waals surface area (Å²) in [6.45, 7) is 40.0. The SMILES string of the molecule is C.C.CCC1O[C@H](OC(=N)C(Cl)(Cl)Cl)C(C)[C@@H](C)[C@@H]1C.CCS[C@H]1OC(CO)[C@@H](C)[C@H](O)C1C.CCS[C@H]1OC(CO[C@H]2OC(CC)[C@@H](C)[C@H](C)C2C)[C@@H](C)[C@H](O[C@H]2O[C@@H](CC)[C@@H](C)C(C)C2C)C1C. The van der Waals surface area contributed by atoms with E-state index in [4.69, 9.17) is 83.2 Å². The third-order valence-corrected chi connectivity index (χ3v) is 19.9. The molecule has 0 aromatic rings. The Balaban J connectivity index is 0.000000600. The van der Waals surface area contributed by atoms with E-state index >= 15 is 0 Å². The first-order chi connectivity index (χ1) is 31.8. The highest BCUT2D eigenvalue weighted by molar-refractivity contribution is 7.99. The lowest BCUT2D eigenvalue weighted by Crippen LogP contribution is -2.55. The third-order valence-electron chi connectivity index (χ3n) is 17.0. The Morgan fingerprint density at radius 3 is 1.33 bits per heavy atom. The summed E-state index contributed by atoms with van der Waals surface area (Å²) in [6, 6.07) is 0. The first-order valence-corrected chi connectivity index (χ1v) is 29.5. The molecule has 418 valence electrons. The summed E-state index contributed by atoms with van der Waals surface area (Å²) < 4.78 is 48.2. The van der Waals surface area contributed by atoms with Crippen molar-refractivity contribution in [2.45, 2.75) is 235 Å². The zero-order valence-electron chi connectivity index (χ0n) is 45.0. The van der Waals surface area contributed by atoms with E-state index in [0.29, 0.717) is 54.0 Å². The third kappa shape index (κ3) is 17.6. The van der Waals surface area contributed by atoms with Gasteiger partial charge in [0.05, 0.1) is 55.9 Å². The van der Waals surface area contributed by atoms with Crippen molar-refractivity contribution in [1.82, 2.24) is 0 Å². The molecule has 0 aliphatic carbocycles. The fourth-order valence-corrected chi connectivity index (χ4v) is 12.9. The van der Waals surface area contributed by atoms with Crippen molar-refractivity contribution >= 4 is 64.2 Å². The van der Waals surface area contributed by atoms with E-state index in [1.54, 1.807) is 11.8 Å². The summed E-state index contributed by atoms with van der Waals surface area (Å²) in [7, 11) is 0. The van der Waals surface area contributed by atoms with Crippen molar-refractivity contribution in [2.75, 3.05) is 24.7 Å². The number of aliphatic hydroxyl groups excluding tert-OH is 2. The quantitative estimate of drug-likeness (QED) is 0.0867. The molecule has 25 atom stereocenters. The van der Waals surface area contributed by atoms with E-state index in [-0.39, 0.29) is 123 Å². The highest BCUT2D eigenvalue weighted by Gasteiger charge is 2.48. The van der Waals surface area contributed by atoms with Crippen LogP contribution in [-0.2, 0) is 37.9 Å². The van der Waals surface area contributed by atoms with Gasteiger partial charge in [0.2, 0.25) is 12.2 Å². The number of nitrogens with one attached hydrogen (secondary N) is 1. The Morgan fingerprint density at radius 2 is 0.900 bits per heavy atom. The van der Waals surface area contributed by atoms with Crippen LogP contribution in [0.1, 0.15) is 159 Å².